The summed E-state index contributed by atoms with van der Waals surface area (Å²) in [5.41, 5.74) is 5.94. The van der Waals surface area contributed by atoms with Gasteiger partial charge in [-0.1, -0.05) is 18.2 Å². The van der Waals surface area contributed by atoms with E-state index in [9.17, 15) is 35.9 Å². The van der Waals surface area contributed by atoms with Gasteiger partial charge in [-0.05, 0) is 81.2 Å². The third-order valence-corrected chi connectivity index (χ3v) is 7.63. The van der Waals surface area contributed by atoms with Gasteiger partial charge >= 0.3 is 24.3 Å². The van der Waals surface area contributed by atoms with Gasteiger partial charge in [0.25, 0.3) is 5.91 Å². The quantitative estimate of drug-likeness (QED) is 0.0894. The lowest BCUT2D eigenvalue weighted by atomic mass is 9.84. The topological polar surface area (TPSA) is 183 Å². The summed E-state index contributed by atoms with van der Waals surface area (Å²) >= 11 is 0. The molecule has 3 heterocycles. The number of amides is 2. The number of aromatic nitrogens is 2. The van der Waals surface area contributed by atoms with E-state index in [1.54, 1.807) is 5.48 Å². The first-order valence-electron chi connectivity index (χ1n) is 14.9. The van der Waals surface area contributed by atoms with Crippen molar-refractivity contribution in [1.29, 1.82) is 0 Å². The summed E-state index contributed by atoms with van der Waals surface area (Å²) in [6.45, 7) is 4.24. The molecule has 0 aliphatic carbocycles. The van der Waals surface area contributed by atoms with E-state index in [2.05, 4.69) is 38.5 Å². The summed E-state index contributed by atoms with van der Waals surface area (Å²) in [5.74, 6) is -6.22. The van der Waals surface area contributed by atoms with Crippen molar-refractivity contribution in [1.82, 2.24) is 25.7 Å². The predicted octanol–water partition coefficient (Wildman–Crippen LogP) is 4.75. The third kappa shape index (κ3) is 10.9. The van der Waals surface area contributed by atoms with Crippen molar-refractivity contribution in [2.45, 2.75) is 57.0 Å². The highest BCUT2D eigenvalue weighted by Crippen LogP contribution is 2.25. The van der Waals surface area contributed by atoms with E-state index in [0.29, 0.717) is 31.5 Å². The zero-order valence-corrected chi connectivity index (χ0v) is 26.4. The number of carbonyl (C=O) groups excluding carboxylic acids is 2. The number of para-hydroxylation sites is 1. The number of pyridine rings is 1. The van der Waals surface area contributed by atoms with Crippen LogP contribution in [0.15, 0.2) is 60.8 Å². The second kappa shape index (κ2) is 16.4. The number of piperidine rings is 1. The van der Waals surface area contributed by atoms with Gasteiger partial charge in [-0.2, -0.15) is 26.3 Å². The highest BCUT2D eigenvalue weighted by molar-refractivity contribution is 5.99. The fraction of sp³-hybridized carbons (Fsp3) is 0.344. The van der Waals surface area contributed by atoms with Crippen LogP contribution in [0.1, 0.15) is 40.9 Å². The Balaban J connectivity index is 0.000000408. The number of nitrogens with zero attached hydrogens (tertiary/aromatic N) is 2. The molecule has 5 rings (SSSR count). The van der Waals surface area contributed by atoms with Crippen LogP contribution in [-0.2, 0) is 27.3 Å². The lowest BCUT2D eigenvalue weighted by molar-refractivity contribution is -0.193. The molecule has 0 spiro atoms. The molecular formula is C32H33F6N5O7. The van der Waals surface area contributed by atoms with Crippen molar-refractivity contribution in [3.8, 4) is 0 Å². The molecule has 18 heteroatoms. The van der Waals surface area contributed by atoms with Crippen LogP contribution < -0.4 is 16.1 Å². The van der Waals surface area contributed by atoms with Crippen LogP contribution in [0.3, 0.4) is 0 Å². The summed E-state index contributed by atoms with van der Waals surface area (Å²) in [6.07, 6.45) is -5.96. The number of benzene rings is 2. The number of alkyl halides is 6. The van der Waals surface area contributed by atoms with Gasteiger partial charge in [-0.15, -0.1) is 0 Å². The van der Waals surface area contributed by atoms with Crippen LogP contribution in [0.4, 0.5) is 26.3 Å². The van der Waals surface area contributed by atoms with Crippen LogP contribution in [0.2, 0.25) is 0 Å². The van der Waals surface area contributed by atoms with Gasteiger partial charge in [0.1, 0.15) is 0 Å². The molecule has 270 valence electrons. The van der Waals surface area contributed by atoms with E-state index >= 15 is 0 Å². The van der Waals surface area contributed by atoms with Crippen LogP contribution in [0.5, 0.6) is 0 Å². The highest BCUT2D eigenvalue weighted by atomic mass is 19.4. The number of carboxylic acid groups (broad SMARTS) is 2. The number of nitrogens with one attached hydrogen (secondary N) is 3. The molecule has 1 aliphatic rings. The minimum atomic E-state index is -5.08. The highest BCUT2D eigenvalue weighted by Gasteiger charge is 2.39. The molecule has 0 unspecified atom stereocenters. The molecule has 0 atom stereocenters. The van der Waals surface area contributed by atoms with Gasteiger partial charge in [0, 0.05) is 40.3 Å². The molecule has 0 bridgehead atoms. The summed E-state index contributed by atoms with van der Waals surface area (Å²) < 4.78 is 65.7. The van der Waals surface area contributed by atoms with Gasteiger partial charge in [-0.3, -0.25) is 19.8 Å². The first kappa shape index (κ1) is 39.2. The molecule has 4 aromatic rings. The number of aliphatic carboxylic acids is 2. The number of carboxylic acids is 2. The zero-order valence-electron chi connectivity index (χ0n) is 26.4. The number of carbonyl (C=O) groups is 4. The van der Waals surface area contributed by atoms with Gasteiger partial charge in [0.2, 0.25) is 5.91 Å². The van der Waals surface area contributed by atoms with Crippen molar-refractivity contribution < 1.29 is 60.9 Å². The first-order chi connectivity index (χ1) is 23.3. The first-order valence-corrected chi connectivity index (χ1v) is 14.9. The molecule has 12 nitrogen and oxygen atoms in total. The number of hydrogen-bond acceptors (Lipinski definition) is 7. The molecule has 2 aromatic carbocycles. The predicted molar refractivity (Wildman–Crippen MR) is 166 cm³/mol. The fourth-order valence-electron chi connectivity index (χ4n) is 5.29. The van der Waals surface area contributed by atoms with Crippen LogP contribution in [0, 0.1) is 6.92 Å². The van der Waals surface area contributed by atoms with Crippen LogP contribution in [0.25, 0.3) is 21.8 Å². The molecule has 2 amide bonds. The second-order valence-corrected chi connectivity index (χ2v) is 11.3. The second-order valence-electron chi connectivity index (χ2n) is 11.3. The Morgan fingerprint density at radius 3 is 2.10 bits per heavy atom. The Morgan fingerprint density at radius 2 is 1.52 bits per heavy atom. The monoisotopic (exact) mass is 713 g/mol. The maximum absolute atomic E-state index is 13.2. The van der Waals surface area contributed by atoms with Crippen molar-refractivity contribution in [2.24, 2.45) is 0 Å². The molecule has 6 N–H and O–H groups in total. The molecule has 1 saturated heterocycles. The minimum Gasteiger partial charge on any atom is -0.475 e. The van der Waals surface area contributed by atoms with Gasteiger partial charge < -0.3 is 25.4 Å². The number of rotatable bonds is 7. The van der Waals surface area contributed by atoms with Gasteiger partial charge in [0.15, 0.2) is 0 Å². The molecule has 0 radical (unpaired) electrons. The maximum atomic E-state index is 13.2. The molecule has 50 heavy (non-hydrogen) atoms. The SMILES string of the molecule is Cc1cc(CCn2ccc3cc(C(=O)NC4(CC(=O)NO)CCNCC4)ccc32)c2ccccc2n1.O=C(O)C(F)(F)F.O=C(O)C(F)(F)F. The number of aryl methyl sites for hydroxylation is 3. The number of fused-ring (bicyclic) bond motifs is 2. The molecule has 1 fully saturated rings. The van der Waals surface area contributed by atoms with Crippen molar-refractivity contribution >= 4 is 45.6 Å². The molecule has 1 aliphatic heterocycles. The Bertz CT molecular complexity index is 1810. The average Bonchev–Trinajstić information content (AvgIpc) is 3.45. The van der Waals surface area contributed by atoms with E-state index in [-0.39, 0.29) is 12.3 Å². The lowest BCUT2D eigenvalue weighted by Crippen LogP contribution is -2.56. The minimum absolute atomic E-state index is 0.0404. The standard InChI is InChI=1S/C28H31N5O3.2C2HF3O2/c1-19-16-20(23-4-2-3-5-24(23)30-19)8-14-33-15-9-21-17-22(6-7-25(21)33)27(35)31-28(18-26(34)32-36)10-12-29-13-11-28;2*3-2(4,5)1(6)7/h2-7,9,15-17,29,36H,8,10-14,18H2,1H3,(H,31,35)(H,32,34);2*(H,6,7). The van der Waals surface area contributed by atoms with Crippen LogP contribution >= 0.6 is 0 Å². The zero-order chi connectivity index (χ0) is 37.3. The summed E-state index contributed by atoms with van der Waals surface area (Å²) in [6, 6.07) is 18.1. The number of hydroxylamine groups is 1. The Labute approximate surface area is 280 Å². The molecule has 0 saturated carbocycles. The molecular weight excluding hydrogens is 680 g/mol. The number of halogens is 6. The van der Waals surface area contributed by atoms with Crippen molar-refractivity contribution in [2.75, 3.05) is 13.1 Å². The van der Waals surface area contributed by atoms with E-state index < -0.39 is 35.7 Å². The Kier molecular flexibility index (Phi) is 12.9. The maximum Gasteiger partial charge on any atom is 0.490 e. The van der Waals surface area contributed by atoms with E-state index in [1.165, 1.54) is 10.9 Å². The van der Waals surface area contributed by atoms with Crippen LogP contribution in [-0.4, -0.2) is 79.7 Å². The van der Waals surface area contributed by atoms with E-state index in [0.717, 1.165) is 35.1 Å². The average molecular weight is 714 g/mol. The fourth-order valence-corrected chi connectivity index (χ4v) is 5.29. The van der Waals surface area contributed by atoms with Crippen molar-refractivity contribution in [3.05, 3.63) is 77.6 Å². The van der Waals surface area contributed by atoms with Gasteiger partial charge in [-0.25, -0.2) is 15.1 Å². The lowest BCUT2D eigenvalue weighted by Gasteiger charge is -2.37. The summed E-state index contributed by atoms with van der Waals surface area (Å²) in [5, 5.41) is 31.8. The Morgan fingerprint density at radius 1 is 0.920 bits per heavy atom. The Hall–Kier alpha value is -5.23. The van der Waals surface area contributed by atoms with E-state index in [1.807, 2.05) is 49.4 Å². The third-order valence-electron chi connectivity index (χ3n) is 7.63. The van der Waals surface area contributed by atoms with Crippen molar-refractivity contribution in [3.63, 3.8) is 0 Å². The molecule has 2 aromatic heterocycles. The normalized spacial score (nSPS) is 14.1. The van der Waals surface area contributed by atoms with E-state index in [4.69, 9.17) is 25.0 Å². The number of hydrogen-bond donors (Lipinski definition) is 6. The largest absolute Gasteiger partial charge is 0.490 e. The summed E-state index contributed by atoms with van der Waals surface area (Å²) in [7, 11) is 0. The summed E-state index contributed by atoms with van der Waals surface area (Å²) in [4.78, 5) is 47.5. The van der Waals surface area contributed by atoms with Gasteiger partial charge in [0.05, 0.1) is 17.5 Å². The smallest absolute Gasteiger partial charge is 0.475 e.